The SMILES string of the molecule is CCCCCCC(CCCCCC)C(=O)NCCNC(=O)COC(CCC)CCCCC. The summed E-state index contributed by atoms with van der Waals surface area (Å²) in [6.07, 6.45) is 18.4. The van der Waals surface area contributed by atoms with Crippen LogP contribution in [0.25, 0.3) is 0 Å². The Kier molecular flexibility index (Phi) is 22.3. The van der Waals surface area contributed by atoms with E-state index in [1.54, 1.807) is 0 Å². The van der Waals surface area contributed by atoms with Gasteiger partial charge >= 0.3 is 0 Å². The first-order chi connectivity index (χ1) is 15.6. The molecule has 2 amide bonds. The van der Waals surface area contributed by atoms with Crippen molar-refractivity contribution in [2.45, 2.75) is 137 Å². The first kappa shape index (κ1) is 30.9. The fourth-order valence-corrected chi connectivity index (χ4v) is 4.07. The highest BCUT2D eigenvalue weighted by atomic mass is 16.5. The number of carbonyl (C=O) groups excluding carboxylic acids is 2. The Balaban J connectivity index is 4.17. The van der Waals surface area contributed by atoms with Gasteiger partial charge in [0.2, 0.25) is 11.8 Å². The molecule has 0 rings (SSSR count). The summed E-state index contributed by atoms with van der Waals surface area (Å²) in [5.74, 6) is 0.176. The van der Waals surface area contributed by atoms with Gasteiger partial charge in [-0.15, -0.1) is 0 Å². The van der Waals surface area contributed by atoms with Crippen molar-refractivity contribution in [1.29, 1.82) is 0 Å². The third kappa shape index (κ3) is 18.5. The van der Waals surface area contributed by atoms with Crippen molar-refractivity contribution in [3.63, 3.8) is 0 Å². The summed E-state index contributed by atoms with van der Waals surface area (Å²) in [7, 11) is 0. The van der Waals surface area contributed by atoms with Crippen LogP contribution in [0.1, 0.15) is 130 Å². The Morgan fingerprint density at radius 2 is 1.16 bits per heavy atom. The third-order valence-electron chi connectivity index (χ3n) is 6.12. The number of rotatable bonds is 23. The van der Waals surface area contributed by atoms with Crippen LogP contribution < -0.4 is 10.6 Å². The molecule has 5 nitrogen and oxygen atoms in total. The fraction of sp³-hybridized carbons (Fsp3) is 0.926. The van der Waals surface area contributed by atoms with E-state index >= 15 is 0 Å². The van der Waals surface area contributed by atoms with Crippen molar-refractivity contribution in [3.8, 4) is 0 Å². The molecule has 0 radical (unpaired) electrons. The third-order valence-corrected chi connectivity index (χ3v) is 6.12. The van der Waals surface area contributed by atoms with E-state index < -0.39 is 0 Å². The second kappa shape index (κ2) is 23.1. The largest absolute Gasteiger partial charge is 0.368 e. The molecule has 0 spiro atoms. The standard InChI is InChI=1S/C27H54N2O3/c1-5-9-12-15-18-24(19-16-13-10-6-2)27(31)29-22-21-28-26(30)23-32-25(17-8-4)20-14-11-7-3/h24-25H,5-23H2,1-4H3,(H,28,30)(H,29,31). The minimum atomic E-state index is -0.0912. The minimum Gasteiger partial charge on any atom is -0.368 e. The van der Waals surface area contributed by atoms with E-state index in [1.807, 2.05) is 0 Å². The van der Waals surface area contributed by atoms with Crippen LogP contribution >= 0.6 is 0 Å². The Bertz CT molecular complexity index is 431. The van der Waals surface area contributed by atoms with Gasteiger partial charge in [0.05, 0.1) is 6.10 Å². The van der Waals surface area contributed by atoms with E-state index in [1.165, 1.54) is 51.4 Å². The fourth-order valence-electron chi connectivity index (χ4n) is 4.07. The molecule has 0 saturated heterocycles. The second-order valence-corrected chi connectivity index (χ2v) is 9.25. The normalized spacial score (nSPS) is 12.2. The predicted octanol–water partition coefficient (Wildman–Crippen LogP) is 6.54. The molecule has 0 heterocycles. The summed E-state index contributed by atoms with van der Waals surface area (Å²) in [6, 6.07) is 0. The summed E-state index contributed by atoms with van der Waals surface area (Å²) >= 11 is 0. The van der Waals surface area contributed by atoms with Crippen molar-refractivity contribution in [1.82, 2.24) is 10.6 Å². The second-order valence-electron chi connectivity index (χ2n) is 9.25. The number of nitrogens with one attached hydrogen (secondary N) is 2. The van der Waals surface area contributed by atoms with Crippen LogP contribution in [0.4, 0.5) is 0 Å². The summed E-state index contributed by atoms with van der Waals surface area (Å²) in [4.78, 5) is 24.8. The van der Waals surface area contributed by atoms with E-state index in [4.69, 9.17) is 4.74 Å². The van der Waals surface area contributed by atoms with Gasteiger partial charge in [-0.2, -0.15) is 0 Å². The first-order valence-corrected chi connectivity index (χ1v) is 13.7. The van der Waals surface area contributed by atoms with Gasteiger partial charge in [-0.05, 0) is 25.7 Å². The maximum absolute atomic E-state index is 12.7. The lowest BCUT2D eigenvalue weighted by molar-refractivity contribution is -0.128. The number of carbonyl (C=O) groups is 2. The Morgan fingerprint density at radius 1 is 0.625 bits per heavy atom. The molecule has 0 fully saturated rings. The van der Waals surface area contributed by atoms with E-state index in [2.05, 4.69) is 38.3 Å². The van der Waals surface area contributed by atoms with E-state index in [0.29, 0.717) is 13.1 Å². The Labute approximate surface area is 199 Å². The van der Waals surface area contributed by atoms with E-state index in [0.717, 1.165) is 51.4 Å². The summed E-state index contributed by atoms with van der Waals surface area (Å²) in [5.41, 5.74) is 0. The van der Waals surface area contributed by atoms with Crippen molar-refractivity contribution >= 4 is 11.8 Å². The lowest BCUT2D eigenvalue weighted by Crippen LogP contribution is -2.39. The van der Waals surface area contributed by atoms with Crippen LogP contribution in [-0.4, -0.2) is 37.6 Å². The molecule has 0 aliphatic carbocycles. The molecule has 5 heteroatoms. The maximum atomic E-state index is 12.7. The summed E-state index contributed by atoms with van der Waals surface area (Å²) in [6.45, 7) is 9.83. The minimum absolute atomic E-state index is 0.0912. The molecule has 2 N–H and O–H groups in total. The first-order valence-electron chi connectivity index (χ1n) is 13.7. The average Bonchev–Trinajstić information content (AvgIpc) is 2.79. The van der Waals surface area contributed by atoms with Crippen LogP contribution in [0.15, 0.2) is 0 Å². The average molecular weight is 455 g/mol. The van der Waals surface area contributed by atoms with Crippen molar-refractivity contribution in [2.24, 2.45) is 5.92 Å². The molecule has 0 aliphatic rings. The van der Waals surface area contributed by atoms with Gasteiger partial charge in [-0.25, -0.2) is 0 Å². The molecule has 190 valence electrons. The van der Waals surface area contributed by atoms with Crippen molar-refractivity contribution in [2.75, 3.05) is 19.7 Å². The van der Waals surface area contributed by atoms with Crippen molar-refractivity contribution in [3.05, 3.63) is 0 Å². The van der Waals surface area contributed by atoms with Crippen LogP contribution in [0, 0.1) is 5.92 Å². The quantitative estimate of drug-likeness (QED) is 0.172. The molecule has 0 aromatic heterocycles. The summed E-state index contributed by atoms with van der Waals surface area (Å²) in [5, 5.41) is 5.93. The lowest BCUT2D eigenvalue weighted by Gasteiger charge is -2.18. The highest BCUT2D eigenvalue weighted by Crippen LogP contribution is 2.18. The smallest absolute Gasteiger partial charge is 0.246 e. The van der Waals surface area contributed by atoms with Gasteiger partial charge in [0.15, 0.2) is 0 Å². The number of amides is 2. The molecular weight excluding hydrogens is 400 g/mol. The van der Waals surface area contributed by atoms with Gasteiger partial charge in [-0.1, -0.05) is 105 Å². The number of hydrogen-bond donors (Lipinski definition) is 2. The van der Waals surface area contributed by atoms with Gasteiger partial charge in [0, 0.05) is 19.0 Å². The van der Waals surface area contributed by atoms with Crippen LogP contribution in [0.3, 0.4) is 0 Å². The van der Waals surface area contributed by atoms with E-state index in [9.17, 15) is 9.59 Å². The number of ether oxygens (including phenoxy) is 1. The molecule has 0 aliphatic heterocycles. The highest BCUT2D eigenvalue weighted by Gasteiger charge is 2.17. The van der Waals surface area contributed by atoms with Gasteiger partial charge in [0.25, 0.3) is 0 Å². The zero-order chi connectivity index (χ0) is 23.9. The van der Waals surface area contributed by atoms with Gasteiger partial charge in [-0.3, -0.25) is 9.59 Å². The monoisotopic (exact) mass is 454 g/mol. The molecular formula is C27H54N2O3. The van der Waals surface area contributed by atoms with Crippen LogP contribution in [0.2, 0.25) is 0 Å². The molecule has 0 aromatic carbocycles. The topological polar surface area (TPSA) is 67.4 Å². The predicted molar refractivity (Wildman–Crippen MR) is 136 cm³/mol. The Hall–Kier alpha value is -1.10. The summed E-state index contributed by atoms with van der Waals surface area (Å²) < 4.78 is 5.84. The van der Waals surface area contributed by atoms with Gasteiger partial charge < -0.3 is 15.4 Å². The van der Waals surface area contributed by atoms with E-state index in [-0.39, 0.29) is 30.4 Å². The molecule has 1 atom stereocenters. The molecule has 0 saturated carbocycles. The molecule has 32 heavy (non-hydrogen) atoms. The van der Waals surface area contributed by atoms with Crippen molar-refractivity contribution < 1.29 is 14.3 Å². The lowest BCUT2D eigenvalue weighted by atomic mass is 9.93. The van der Waals surface area contributed by atoms with Crippen LogP contribution in [0.5, 0.6) is 0 Å². The molecule has 1 unspecified atom stereocenters. The maximum Gasteiger partial charge on any atom is 0.246 e. The molecule has 0 aromatic rings. The zero-order valence-electron chi connectivity index (χ0n) is 21.8. The number of unbranched alkanes of at least 4 members (excludes halogenated alkanes) is 8. The highest BCUT2D eigenvalue weighted by molar-refractivity contribution is 5.79. The van der Waals surface area contributed by atoms with Crippen LogP contribution in [-0.2, 0) is 14.3 Å². The molecule has 0 bridgehead atoms. The number of hydrogen-bond acceptors (Lipinski definition) is 3. The Morgan fingerprint density at radius 3 is 1.72 bits per heavy atom. The zero-order valence-corrected chi connectivity index (χ0v) is 21.8. The van der Waals surface area contributed by atoms with Gasteiger partial charge in [0.1, 0.15) is 6.61 Å².